The van der Waals surface area contributed by atoms with Crippen molar-refractivity contribution in [3.05, 3.63) is 72.4 Å². The smallest absolute Gasteiger partial charge is 0.405 e. The first-order chi connectivity index (χ1) is 13.1. The van der Waals surface area contributed by atoms with Crippen LogP contribution in [0.25, 0.3) is 22.3 Å². The number of hydrogen-bond acceptors (Lipinski definition) is 3. The highest BCUT2D eigenvalue weighted by Crippen LogP contribution is 2.42. The van der Waals surface area contributed by atoms with Gasteiger partial charge in [-0.05, 0) is 47.6 Å². The third-order valence-corrected chi connectivity index (χ3v) is 5.31. The van der Waals surface area contributed by atoms with E-state index in [1.807, 2.05) is 60.7 Å². The van der Waals surface area contributed by atoms with E-state index in [1.54, 1.807) is 6.20 Å². The number of nitrogen functional groups attached to an aromatic ring is 1. The zero-order valence-electron chi connectivity index (χ0n) is 14.9. The first-order valence-corrected chi connectivity index (χ1v) is 9.00. The first-order valence-electron chi connectivity index (χ1n) is 9.00. The molecule has 5 heteroatoms. The van der Waals surface area contributed by atoms with Crippen molar-refractivity contribution < 1.29 is 9.90 Å². The molecule has 3 aromatic rings. The number of nitrogens with two attached hydrogens (primary N) is 1. The molecule has 4 rings (SSSR count). The number of aromatic nitrogens is 1. The van der Waals surface area contributed by atoms with Crippen LogP contribution in [-0.4, -0.2) is 16.2 Å². The number of anilines is 1. The topological polar surface area (TPSA) is 88.2 Å². The number of carboxylic acid groups (broad SMARTS) is 1. The van der Waals surface area contributed by atoms with Gasteiger partial charge < -0.3 is 16.2 Å². The van der Waals surface area contributed by atoms with Gasteiger partial charge in [-0.15, -0.1) is 0 Å². The molecule has 0 spiro atoms. The SMILES string of the molecule is Nc1cc(-c2ccccc2)c(-c2ccc(C3(NC(=O)O)CCC3)cc2)cn1. The number of amides is 1. The molecular weight excluding hydrogens is 338 g/mol. The maximum Gasteiger partial charge on any atom is 0.405 e. The molecule has 0 saturated heterocycles. The number of rotatable bonds is 4. The number of carbonyl (C=O) groups is 1. The highest BCUT2D eigenvalue weighted by atomic mass is 16.4. The van der Waals surface area contributed by atoms with E-state index < -0.39 is 11.6 Å². The average molecular weight is 359 g/mol. The van der Waals surface area contributed by atoms with Gasteiger partial charge in [-0.1, -0.05) is 54.6 Å². The molecule has 4 N–H and O–H groups in total. The lowest BCUT2D eigenvalue weighted by Gasteiger charge is -2.42. The molecule has 1 aromatic heterocycles. The van der Waals surface area contributed by atoms with Crippen LogP contribution in [0.5, 0.6) is 0 Å². The van der Waals surface area contributed by atoms with Crippen LogP contribution < -0.4 is 11.1 Å². The van der Waals surface area contributed by atoms with E-state index in [-0.39, 0.29) is 0 Å². The van der Waals surface area contributed by atoms with Gasteiger partial charge in [0.25, 0.3) is 0 Å². The van der Waals surface area contributed by atoms with Gasteiger partial charge in [0.2, 0.25) is 0 Å². The first kappa shape index (κ1) is 17.1. The number of hydrogen-bond donors (Lipinski definition) is 3. The van der Waals surface area contributed by atoms with Gasteiger partial charge in [0.1, 0.15) is 5.82 Å². The van der Waals surface area contributed by atoms with Crippen LogP contribution in [0.3, 0.4) is 0 Å². The third kappa shape index (κ3) is 3.24. The molecule has 1 heterocycles. The molecule has 0 bridgehead atoms. The molecule has 2 aromatic carbocycles. The predicted molar refractivity (Wildman–Crippen MR) is 106 cm³/mol. The van der Waals surface area contributed by atoms with E-state index in [4.69, 9.17) is 10.8 Å². The van der Waals surface area contributed by atoms with Gasteiger partial charge in [-0.2, -0.15) is 0 Å². The second-order valence-electron chi connectivity index (χ2n) is 6.96. The minimum Gasteiger partial charge on any atom is -0.465 e. The standard InChI is InChI=1S/C22H21N3O2/c23-20-13-18(15-5-2-1-3-6-15)19(14-24-20)16-7-9-17(10-8-16)22(11-4-12-22)25-21(26)27/h1-3,5-10,13-14,25H,4,11-12H2,(H2,23,24)(H,26,27). The molecule has 1 aliphatic carbocycles. The van der Waals surface area contributed by atoms with Crippen molar-refractivity contribution in [2.75, 3.05) is 5.73 Å². The van der Waals surface area contributed by atoms with Crippen LogP contribution in [0.2, 0.25) is 0 Å². The maximum absolute atomic E-state index is 11.2. The lowest BCUT2D eigenvalue weighted by atomic mass is 9.71. The Kier molecular flexibility index (Phi) is 4.28. The molecule has 0 atom stereocenters. The average Bonchev–Trinajstić information content (AvgIpc) is 2.65. The van der Waals surface area contributed by atoms with E-state index in [2.05, 4.69) is 10.3 Å². The molecule has 0 radical (unpaired) electrons. The second kappa shape index (κ2) is 6.76. The van der Waals surface area contributed by atoms with Gasteiger partial charge in [-0.25, -0.2) is 9.78 Å². The number of nitrogens with zero attached hydrogens (tertiary/aromatic N) is 1. The summed E-state index contributed by atoms with van der Waals surface area (Å²) >= 11 is 0. The summed E-state index contributed by atoms with van der Waals surface area (Å²) < 4.78 is 0. The molecule has 0 unspecified atom stereocenters. The summed E-state index contributed by atoms with van der Waals surface area (Å²) in [6.45, 7) is 0. The quantitative estimate of drug-likeness (QED) is 0.633. The Morgan fingerprint density at radius 1 is 1.00 bits per heavy atom. The van der Waals surface area contributed by atoms with E-state index >= 15 is 0 Å². The summed E-state index contributed by atoms with van der Waals surface area (Å²) in [5, 5.41) is 11.9. The maximum atomic E-state index is 11.2. The van der Waals surface area contributed by atoms with Crippen LogP contribution in [0.4, 0.5) is 10.6 Å². The fourth-order valence-electron chi connectivity index (χ4n) is 3.75. The van der Waals surface area contributed by atoms with Crippen molar-refractivity contribution in [2.45, 2.75) is 24.8 Å². The molecule has 136 valence electrons. The Hall–Kier alpha value is -3.34. The van der Waals surface area contributed by atoms with Crippen molar-refractivity contribution in [3.63, 3.8) is 0 Å². The number of benzene rings is 2. The van der Waals surface area contributed by atoms with Gasteiger partial charge in [0, 0.05) is 11.8 Å². The van der Waals surface area contributed by atoms with Crippen molar-refractivity contribution in [3.8, 4) is 22.3 Å². The fraction of sp³-hybridized carbons (Fsp3) is 0.182. The Balaban J connectivity index is 1.72. The van der Waals surface area contributed by atoms with Gasteiger partial charge >= 0.3 is 6.09 Å². The summed E-state index contributed by atoms with van der Waals surface area (Å²) in [4.78, 5) is 15.4. The normalized spacial score (nSPS) is 15.0. The summed E-state index contributed by atoms with van der Waals surface area (Å²) in [5.41, 5.74) is 10.6. The Bertz CT molecular complexity index is 965. The summed E-state index contributed by atoms with van der Waals surface area (Å²) in [7, 11) is 0. The molecule has 1 aliphatic rings. The Morgan fingerprint density at radius 3 is 2.26 bits per heavy atom. The molecule has 5 nitrogen and oxygen atoms in total. The molecule has 0 aliphatic heterocycles. The van der Waals surface area contributed by atoms with Crippen LogP contribution in [-0.2, 0) is 5.54 Å². The molecule has 1 amide bonds. The molecule has 1 saturated carbocycles. The summed E-state index contributed by atoms with van der Waals surface area (Å²) in [5.74, 6) is 0.480. The minimum absolute atomic E-state index is 0.452. The van der Waals surface area contributed by atoms with Gasteiger partial charge in [-0.3, -0.25) is 0 Å². The Labute approximate surface area is 157 Å². The number of pyridine rings is 1. The molecule has 1 fully saturated rings. The second-order valence-corrected chi connectivity index (χ2v) is 6.96. The number of nitrogens with one attached hydrogen (secondary N) is 1. The molecule has 27 heavy (non-hydrogen) atoms. The third-order valence-electron chi connectivity index (χ3n) is 5.31. The highest BCUT2D eigenvalue weighted by molar-refractivity contribution is 5.84. The van der Waals surface area contributed by atoms with Crippen LogP contribution >= 0.6 is 0 Å². The van der Waals surface area contributed by atoms with Gasteiger partial charge in [0.05, 0.1) is 5.54 Å². The van der Waals surface area contributed by atoms with E-state index in [0.29, 0.717) is 5.82 Å². The minimum atomic E-state index is -0.979. The van der Waals surface area contributed by atoms with Crippen LogP contribution in [0.15, 0.2) is 66.9 Å². The predicted octanol–water partition coefficient (Wildman–Crippen LogP) is 4.64. The molecular formula is C22H21N3O2. The zero-order valence-corrected chi connectivity index (χ0v) is 14.9. The summed E-state index contributed by atoms with van der Waals surface area (Å²) in [6.07, 6.45) is 3.51. The zero-order chi connectivity index (χ0) is 18.9. The van der Waals surface area contributed by atoms with Gasteiger partial charge in [0.15, 0.2) is 0 Å². The Morgan fingerprint density at radius 2 is 1.67 bits per heavy atom. The van der Waals surface area contributed by atoms with Crippen molar-refractivity contribution in [1.29, 1.82) is 0 Å². The fourth-order valence-corrected chi connectivity index (χ4v) is 3.75. The van der Waals surface area contributed by atoms with Crippen molar-refractivity contribution in [1.82, 2.24) is 10.3 Å². The lowest BCUT2D eigenvalue weighted by Crippen LogP contribution is -2.50. The van der Waals surface area contributed by atoms with E-state index in [1.165, 1.54) is 0 Å². The van der Waals surface area contributed by atoms with Crippen LogP contribution in [0, 0.1) is 0 Å². The highest BCUT2D eigenvalue weighted by Gasteiger charge is 2.40. The lowest BCUT2D eigenvalue weighted by molar-refractivity contribution is 0.144. The summed E-state index contributed by atoms with van der Waals surface area (Å²) in [6, 6.07) is 20.0. The monoisotopic (exact) mass is 359 g/mol. The van der Waals surface area contributed by atoms with E-state index in [9.17, 15) is 4.79 Å². The van der Waals surface area contributed by atoms with E-state index in [0.717, 1.165) is 47.1 Å². The van der Waals surface area contributed by atoms with Crippen molar-refractivity contribution in [2.24, 2.45) is 0 Å². The largest absolute Gasteiger partial charge is 0.465 e. The van der Waals surface area contributed by atoms with Crippen LogP contribution in [0.1, 0.15) is 24.8 Å². The van der Waals surface area contributed by atoms with Crippen molar-refractivity contribution >= 4 is 11.9 Å².